The van der Waals surface area contributed by atoms with Crippen LogP contribution in [0.1, 0.15) is 11.4 Å². The molecule has 0 aliphatic carbocycles. The Labute approximate surface area is 140 Å². The highest BCUT2D eigenvalue weighted by Crippen LogP contribution is 2.18. The van der Waals surface area contributed by atoms with Gasteiger partial charge in [-0.15, -0.1) is 0 Å². The normalized spacial score (nSPS) is 20.5. The SMILES string of the molecule is CN(Cc1ncn[nH]1)C1CN(C(=O)OCc2ccccc2)C[C@H]1O. The molecule has 2 N–H and O–H groups in total. The summed E-state index contributed by atoms with van der Waals surface area (Å²) >= 11 is 0. The van der Waals surface area contributed by atoms with E-state index in [0.29, 0.717) is 13.1 Å². The first-order valence-corrected chi connectivity index (χ1v) is 7.81. The maximum atomic E-state index is 12.2. The Balaban J connectivity index is 1.51. The third-order valence-electron chi connectivity index (χ3n) is 4.15. The van der Waals surface area contributed by atoms with Crippen LogP contribution in [0.3, 0.4) is 0 Å². The van der Waals surface area contributed by atoms with Crippen LogP contribution in [0.4, 0.5) is 4.79 Å². The number of rotatable bonds is 5. The van der Waals surface area contributed by atoms with E-state index in [0.717, 1.165) is 11.4 Å². The Morgan fingerprint density at radius 1 is 1.42 bits per heavy atom. The highest BCUT2D eigenvalue weighted by atomic mass is 16.6. The van der Waals surface area contributed by atoms with Crippen LogP contribution in [-0.2, 0) is 17.9 Å². The zero-order valence-corrected chi connectivity index (χ0v) is 13.5. The first kappa shape index (κ1) is 16.4. The molecular formula is C16H21N5O3. The number of likely N-dealkylation sites (N-methyl/N-ethyl adjacent to an activating group) is 1. The number of nitrogens with one attached hydrogen (secondary N) is 1. The molecule has 1 unspecified atom stereocenters. The lowest BCUT2D eigenvalue weighted by Gasteiger charge is -2.25. The van der Waals surface area contributed by atoms with Gasteiger partial charge in [0.05, 0.1) is 25.2 Å². The maximum Gasteiger partial charge on any atom is 0.410 e. The Morgan fingerprint density at radius 3 is 2.92 bits per heavy atom. The van der Waals surface area contributed by atoms with Crippen molar-refractivity contribution < 1.29 is 14.6 Å². The fraction of sp³-hybridized carbons (Fsp3) is 0.438. The van der Waals surface area contributed by atoms with Crippen molar-refractivity contribution in [3.05, 3.63) is 48.0 Å². The molecule has 2 aromatic rings. The van der Waals surface area contributed by atoms with Gasteiger partial charge in [-0.25, -0.2) is 9.78 Å². The van der Waals surface area contributed by atoms with Crippen molar-refractivity contribution in [2.75, 3.05) is 20.1 Å². The molecule has 3 rings (SSSR count). The number of H-pyrrole nitrogens is 1. The Hall–Kier alpha value is -2.45. The van der Waals surface area contributed by atoms with Crippen LogP contribution in [0.15, 0.2) is 36.7 Å². The highest BCUT2D eigenvalue weighted by molar-refractivity contribution is 5.68. The van der Waals surface area contributed by atoms with Crippen LogP contribution < -0.4 is 0 Å². The van der Waals surface area contributed by atoms with Gasteiger partial charge in [0.15, 0.2) is 0 Å². The monoisotopic (exact) mass is 331 g/mol. The fourth-order valence-corrected chi connectivity index (χ4v) is 2.82. The fourth-order valence-electron chi connectivity index (χ4n) is 2.82. The molecule has 8 heteroatoms. The van der Waals surface area contributed by atoms with Crippen molar-refractivity contribution in [1.82, 2.24) is 25.0 Å². The number of benzene rings is 1. The summed E-state index contributed by atoms with van der Waals surface area (Å²) in [5, 5.41) is 16.9. The molecule has 1 fully saturated rings. The van der Waals surface area contributed by atoms with E-state index in [9.17, 15) is 9.90 Å². The molecule has 0 saturated carbocycles. The highest BCUT2D eigenvalue weighted by Gasteiger charge is 2.37. The number of nitrogens with zero attached hydrogens (tertiary/aromatic N) is 4. The second kappa shape index (κ2) is 7.41. The molecule has 2 heterocycles. The van der Waals surface area contributed by atoms with Crippen LogP contribution in [0.25, 0.3) is 0 Å². The van der Waals surface area contributed by atoms with Gasteiger partial charge in [-0.1, -0.05) is 30.3 Å². The lowest BCUT2D eigenvalue weighted by molar-refractivity contribution is 0.0904. The predicted molar refractivity (Wildman–Crippen MR) is 85.8 cm³/mol. The molecule has 1 aromatic carbocycles. The Bertz CT molecular complexity index is 649. The lowest BCUT2D eigenvalue weighted by Crippen LogP contribution is -2.40. The van der Waals surface area contributed by atoms with Gasteiger partial charge in [-0.3, -0.25) is 10.00 Å². The molecule has 1 saturated heterocycles. The van der Waals surface area contributed by atoms with E-state index in [-0.39, 0.29) is 19.2 Å². The van der Waals surface area contributed by atoms with Crippen molar-refractivity contribution in [2.24, 2.45) is 0 Å². The number of hydrogen-bond donors (Lipinski definition) is 2. The number of carbonyl (C=O) groups is 1. The minimum atomic E-state index is -0.623. The number of aliphatic hydroxyl groups is 1. The van der Waals surface area contributed by atoms with E-state index in [1.54, 1.807) is 0 Å². The number of aromatic amines is 1. The number of amides is 1. The Kier molecular flexibility index (Phi) is 5.07. The average Bonchev–Trinajstić information content (AvgIpc) is 3.23. The van der Waals surface area contributed by atoms with E-state index in [4.69, 9.17) is 4.74 Å². The second-order valence-corrected chi connectivity index (χ2v) is 5.93. The number of carbonyl (C=O) groups excluding carboxylic acids is 1. The largest absolute Gasteiger partial charge is 0.445 e. The number of likely N-dealkylation sites (tertiary alicyclic amines) is 1. The summed E-state index contributed by atoms with van der Waals surface area (Å²) in [5.74, 6) is 0.717. The third kappa shape index (κ3) is 3.90. The van der Waals surface area contributed by atoms with Crippen molar-refractivity contribution in [2.45, 2.75) is 25.3 Å². The topological polar surface area (TPSA) is 94.6 Å². The van der Waals surface area contributed by atoms with Crippen LogP contribution in [-0.4, -0.2) is 68.5 Å². The summed E-state index contributed by atoms with van der Waals surface area (Å²) < 4.78 is 5.32. The molecule has 1 aromatic heterocycles. The summed E-state index contributed by atoms with van der Waals surface area (Å²) in [6.45, 7) is 1.43. The molecular weight excluding hydrogens is 310 g/mol. The molecule has 24 heavy (non-hydrogen) atoms. The first-order valence-electron chi connectivity index (χ1n) is 7.81. The summed E-state index contributed by atoms with van der Waals surface area (Å²) in [6, 6.07) is 9.35. The molecule has 1 aliphatic rings. The standard InChI is InChI=1S/C16H21N5O3/c1-20(9-15-17-11-18-19-15)13-7-21(8-14(13)22)16(23)24-10-12-5-3-2-4-6-12/h2-6,11,13-14,22H,7-10H2,1H3,(H,17,18,19)/t13?,14-/m1/s1. The smallest absolute Gasteiger partial charge is 0.410 e. The van der Waals surface area contributed by atoms with Crippen LogP contribution in [0.5, 0.6) is 0 Å². The molecule has 0 bridgehead atoms. The average molecular weight is 331 g/mol. The zero-order valence-electron chi connectivity index (χ0n) is 13.5. The number of β-amino-alcohol motifs (C(OH)–C–C–N with tert-alkyl or cyclic N) is 1. The molecule has 2 atom stereocenters. The summed E-state index contributed by atoms with van der Waals surface area (Å²) in [5.41, 5.74) is 0.935. The predicted octanol–water partition coefficient (Wildman–Crippen LogP) is 0.618. The second-order valence-electron chi connectivity index (χ2n) is 5.93. The van der Waals surface area contributed by atoms with Crippen molar-refractivity contribution >= 4 is 6.09 Å². The molecule has 1 amide bonds. The van der Waals surface area contributed by atoms with E-state index in [2.05, 4.69) is 15.2 Å². The number of ether oxygens (including phenoxy) is 1. The van der Waals surface area contributed by atoms with Gasteiger partial charge in [-0.05, 0) is 12.6 Å². The molecule has 0 spiro atoms. The van der Waals surface area contributed by atoms with E-state index in [1.807, 2.05) is 42.3 Å². The van der Waals surface area contributed by atoms with E-state index in [1.165, 1.54) is 11.2 Å². The molecule has 128 valence electrons. The van der Waals surface area contributed by atoms with Gasteiger partial charge in [0.1, 0.15) is 18.8 Å². The van der Waals surface area contributed by atoms with E-state index >= 15 is 0 Å². The number of aliphatic hydroxyl groups excluding tert-OH is 1. The van der Waals surface area contributed by atoms with Crippen LogP contribution >= 0.6 is 0 Å². The summed E-state index contributed by atoms with van der Waals surface area (Å²) in [6.07, 6.45) is 0.414. The minimum absolute atomic E-state index is 0.167. The maximum absolute atomic E-state index is 12.2. The van der Waals surface area contributed by atoms with Crippen LogP contribution in [0, 0.1) is 0 Å². The zero-order chi connectivity index (χ0) is 16.9. The number of aromatic nitrogens is 3. The third-order valence-corrected chi connectivity index (χ3v) is 4.15. The van der Waals surface area contributed by atoms with Gasteiger partial charge in [0, 0.05) is 6.54 Å². The lowest BCUT2D eigenvalue weighted by atomic mass is 10.2. The van der Waals surface area contributed by atoms with Crippen molar-refractivity contribution in [1.29, 1.82) is 0 Å². The van der Waals surface area contributed by atoms with Gasteiger partial charge < -0.3 is 14.7 Å². The van der Waals surface area contributed by atoms with Crippen LogP contribution in [0.2, 0.25) is 0 Å². The quantitative estimate of drug-likeness (QED) is 0.834. The molecule has 8 nitrogen and oxygen atoms in total. The van der Waals surface area contributed by atoms with Gasteiger partial charge >= 0.3 is 6.09 Å². The van der Waals surface area contributed by atoms with Gasteiger partial charge in [-0.2, -0.15) is 5.10 Å². The summed E-state index contributed by atoms with van der Waals surface area (Å²) in [7, 11) is 1.88. The molecule has 1 aliphatic heterocycles. The minimum Gasteiger partial charge on any atom is -0.445 e. The van der Waals surface area contributed by atoms with Crippen molar-refractivity contribution in [3.63, 3.8) is 0 Å². The number of hydrogen-bond acceptors (Lipinski definition) is 6. The van der Waals surface area contributed by atoms with Gasteiger partial charge in [0.25, 0.3) is 0 Å². The van der Waals surface area contributed by atoms with E-state index < -0.39 is 12.2 Å². The molecule has 0 radical (unpaired) electrons. The van der Waals surface area contributed by atoms with Gasteiger partial charge in [0.2, 0.25) is 0 Å². The summed E-state index contributed by atoms with van der Waals surface area (Å²) in [4.78, 5) is 19.8. The van der Waals surface area contributed by atoms with Crippen molar-refractivity contribution in [3.8, 4) is 0 Å². The Morgan fingerprint density at radius 2 is 2.21 bits per heavy atom. The first-order chi connectivity index (χ1) is 11.6.